The Kier molecular flexibility index (Phi) is 4.24. The van der Waals surface area contributed by atoms with Crippen molar-refractivity contribution < 1.29 is 13.2 Å². The van der Waals surface area contributed by atoms with E-state index in [9.17, 15) is 13.2 Å². The molecule has 2 N–H and O–H groups in total. The van der Waals surface area contributed by atoms with Crippen LogP contribution in [0.15, 0.2) is 0 Å². The van der Waals surface area contributed by atoms with Crippen molar-refractivity contribution in [3.8, 4) is 0 Å². The predicted octanol–water partition coefficient (Wildman–Crippen LogP) is -0.282. The highest BCUT2D eigenvalue weighted by Crippen LogP contribution is 2.11. The molecule has 0 spiro atoms. The van der Waals surface area contributed by atoms with Crippen molar-refractivity contribution in [3.63, 3.8) is 0 Å². The molecule has 1 aliphatic heterocycles. The van der Waals surface area contributed by atoms with E-state index in [4.69, 9.17) is 5.73 Å². The Balaban J connectivity index is 2.75. The van der Waals surface area contributed by atoms with Crippen LogP contribution >= 0.6 is 0 Å². The summed E-state index contributed by atoms with van der Waals surface area (Å²) in [6.45, 7) is 2.17. The highest BCUT2D eigenvalue weighted by atomic mass is 32.2. The molecule has 0 saturated carbocycles. The Bertz CT molecular complexity index is 326. The minimum Gasteiger partial charge on any atom is -0.321 e. The molecule has 0 aromatic carbocycles. The van der Waals surface area contributed by atoms with E-state index >= 15 is 0 Å². The molecule has 1 aliphatic rings. The van der Waals surface area contributed by atoms with E-state index in [1.54, 1.807) is 0 Å². The molecule has 5 nitrogen and oxygen atoms in total. The zero-order valence-corrected chi connectivity index (χ0v) is 9.79. The number of ketones is 1. The standard InChI is InChI=1S/C9H18N2O3S/c1-2-6-15(13,14)11-5-3-4-8(10)9(12)7-11/h8H,2-7,10H2,1H3. The van der Waals surface area contributed by atoms with E-state index in [0.717, 1.165) is 0 Å². The fourth-order valence-corrected chi connectivity index (χ4v) is 3.15. The third-order valence-corrected chi connectivity index (χ3v) is 4.55. The number of nitrogens with zero attached hydrogens (tertiary/aromatic N) is 1. The van der Waals surface area contributed by atoms with Crippen molar-refractivity contribution >= 4 is 15.8 Å². The van der Waals surface area contributed by atoms with Crippen LogP contribution in [0.4, 0.5) is 0 Å². The van der Waals surface area contributed by atoms with Crippen LogP contribution < -0.4 is 5.73 Å². The van der Waals surface area contributed by atoms with Crippen LogP contribution in [0.25, 0.3) is 0 Å². The number of hydrogen-bond donors (Lipinski definition) is 1. The van der Waals surface area contributed by atoms with E-state index in [1.165, 1.54) is 4.31 Å². The van der Waals surface area contributed by atoms with E-state index < -0.39 is 16.1 Å². The molecule has 0 amide bonds. The Hall–Kier alpha value is -0.460. The van der Waals surface area contributed by atoms with Gasteiger partial charge >= 0.3 is 0 Å². The summed E-state index contributed by atoms with van der Waals surface area (Å²) in [4.78, 5) is 11.4. The van der Waals surface area contributed by atoms with Gasteiger partial charge in [-0.15, -0.1) is 0 Å². The van der Waals surface area contributed by atoms with Gasteiger partial charge in [0.15, 0.2) is 5.78 Å². The van der Waals surface area contributed by atoms with Crippen molar-refractivity contribution in [3.05, 3.63) is 0 Å². The number of Topliss-reactive ketones (excluding diaryl/α,β-unsaturated/α-hetero) is 1. The summed E-state index contributed by atoms with van der Waals surface area (Å²) in [5.74, 6) is -0.0672. The summed E-state index contributed by atoms with van der Waals surface area (Å²) in [6.07, 6.45) is 1.81. The quantitative estimate of drug-likeness (QED) is 0.728. The monoisotopic (exact) mass is 234 g/mol. The first-order chi connectivity index (χ1) is 6.97. The van der Waals surface area contributed by atoms with Gasteiger partial charge < -0.3 is 5.73 Å². The van der Waals surface area contributed by atoms with Gasteiger partial charge in [-0.25, -0.2) is 8.42 Å². The molecular formula is C9H18N2O3S. The summed E-state index contributed by atoms with van der Waals surface area (Å²) in [5.41, 5.74) is 5.59. The Morgan fingerprint density at radius 2 is 2.20 bits per heavy atom. The Morgan fingerprint density at radius 1 is 1.53 bits per heavy atom. The lowest BCUT2D eigenvalue weighted by Gasteiger charge is -2.18. The third kappa shape index (κ3) is 3.25. The fraction of sp³-hybridized carbons (Fsp3) is 0.889. The number of hydrogen-bond acceptors (Lipinski definition) is 4. The van der Waals surface area contributed by atoms with E-state index in [1.807, 2.05) is 6.92 Å². The van der Waals surface area contributed by atoms with Gasteiger partial charge in [-0.3, -0.25) is 4.79 Å². The normalized spacial score (nSPS) is 25.2. The maximum Gasteiger partial charge on any atom is 0.214 e. The summed E-state index contributed by atoms with van der Waals surface area (Å²) >= 11 is 0. The lowest BCUT2D eigenvalue weighted by atomic mass is 10.1. The molecule has 1 saturated heterocycles. The number of carbonyl (C=O) groups excluding carboxylic acids is 1. The van der Waals surface area contributed by atoms with Gasteiger partial charge in [0.1, 0.15) is 0 Å². The second-order valence-electron chi connectivity index (χ2n) is 3.86. The molecule has 6 heteroatoms. The minimum atomic E-state index is -3.26. The zero-order chi connectivity index (χ0) is 11.5. The van der Waals surface area contributed by atoms with Gasteiger partial charge in [0.2, 0.25) is 10.0 Å². The van der Waals surface area contributed by atoms with Crippen LogP contribution in [0, 0.1) is 0 Å². The lowest BCUT2D eigenvalue weighted by molar-refractivity contribution is -0.120. The third-order valence-electron chi connectivity index (χ3n) is 2.52. The van der Waals surface area contributed by atoms with Crippen molar-refractivity contribution in [1.29, 1.82) is 0 Å². The van der Waals surface area contributed by atoms with E-state index in [2.05, 4.69) is 0 Å². The van der Waals surface area contributed by atoms with Crippen molar-refractivity contribution in [2.75, 3.05) is 18.8 Å². The van der Waals surface area contributed by atoms with E-state index in [0.29, 0.717) is 25.8 Å². The first-order valence-electron chi connectivity index (χ1n) is 5.23. The fourth-order valence-electron chi connectivity index (χ4n) is 1.64. The van der Waals surface area contributed by atoms with Crippen molar-refractivity contribution in [1.82, 2.24) is 4.31 Å². The Labute approximate surface area is 90.7 Å². The zero-order valence-electron chi connectivity index (χ0n) is 8.98. The summed E-state index contributed by atoms with van der Waals surface area (Å²) in [5, 5.41) is 0. The molecule has 0 aliphatic carbocycles. The molecule has 1 unspecified atom stereocenters. The average Bonchev–Trinajstić information content (AvgIpc) is 2.30. The van der Waals surface area contributed by atoms with Gasteiger partial charge in [0, 0.05) is 6.54 Å². The van der Waals surface area contributed by atoms with Crippen LogP contribution in [0.3, 0.4) is 0 Å². The highest BCUT2D eigenvalue weighted by molar-refractivity contribution is 7.89. The van der Waals surface area contributed by atoms with Gasteiger partial charge in [-0.1, -0.05) is 6.92 Å². The minimum absolute atomic E-state index is 0.0521. The molecular weight excluding hydrogens is 216 g/mol. The number of carbonyl (C=O) groups is 1. The van der Waals surface area contributed by atoms with Crippen LogP contribution in [-0.4, -0.2) is 43.4 Å². The largest absolute Gasteiger partial charge is 0.321 e. The number of nitrogens with two attached hydrogens (primary N) is 1. The molecule has 15 heavy (non-hydrogen) atoms. The topological polar surface area (TPSA) is 80.5 Å². The number of rotatable bonds is 3. The smallest absolute Gasteiger partial charge is 0.214 e. The maximum atomic E-state index is 11.7. The second kappa shape index (κ2) is 5.05. The molecule has 0 aromatic heterocycles. The molecule has 1 fully saturated rings. The molecule has 1 atom stereocenters. The summed E-state index contributed by atoms with van der Waals surface area (Å²) < 4.78 is 24.7. The first-order valence-corrected chi connectivity index (χ1v) is 6.84. The van der Waals surface area contributed by atoms with Gasteiger partial charge in [0.05, 0.1) is 18.3 Å². The summed E-state index contributed by atoms with van der Waals surface area (Å²) in [6, 6.07) is -0.494. The number of sulfonamides is 1. The molecule has 1 rings (SSSR count). The lowest BCUT2D eigenvalue weighted by Crippen LogP contribution is -2.40. The average molecular weight is 234 g/mol. The summed E-state index contributed by atoms with van der Waals surface area (Å²) in [7, 11) is -3.26. The second-order valence-corrected chi connectivity index (χ2v) is 5.95. The van der Waals surface area contributed by atoms with Crippen LogP contribution in [-0.2, 0) is 14.8 Å². The van der Waals surface area contributed by atoms with E-state index in [-0.39, 0.29) is 18.1 Å². The Morgan fingerprint density at radius 3 is 2.80 bits per heavy atom. The van der Waals surface area contributed by atoms with Crippen LogP contribution in [0.5, 0.6) is 0 Å². The van der Waals surface area contributed by atoms with Crippen molar-refractivity contribution in [2.45, 2.75) is 32.2 Å². The maximum absolute atomic E-state index is 11.7. The van der Waals surface area contributed by atoms with Crippen molar-refractivity contribution in [2.24, 2.45) is 5.73 Å². The molecule has 0 bridgehead atoms. The highest BCUT2D eigenvalue weighted by Gasteiger charge is 2.28. The molecule has 88 valence electrons. The van der Waals surface area contributed by atoms with Crippen LogP contribution in [0.2, 0.25) is 0 Å². The van der Waals surface area contributed by atoms with Gasteiger partial charge in [0.25, 0.3) is 0 Å². The SMILES string of the molecule is CCCS(=O)(=O)N1CCCC(N)C(=O)C1. The molecule has 0 aromatic rings. The molecule has 1 heterocycles. The van der Waals surface area contributed by atoms with Crippen LogP contribution in [0.1, 0.15) is 26.2 Å². The van der Waals surface area contributed by atoms with Gasteiger partial charge in [-0.05, 0) is 19.3 Å². The van der Waals surface area contributed by atoms with Gasteiger partial charge in [-0.2, -0.15) is 4.31 Å². The molecule has 0 radical (unpaired) electrons. The predicted molar refractivity (Wildman–Crippen MR) is 57.9 cm³/mol. The first kappa shape index (κ1) is 12.6.